The first-order valence-electron chi connectivity index (χ1n) is 6.37. The number of methoxy groups -OCH3 is 1. The molecule has 0 aromatic heterocycles. The maximum Gasteiger partial charge on any atom is 0.242 e. The summed E-state index contributed by atoms with van der Waals surface area (Å²) in [6.07, 6.45) is 2.52. The van der Waals surface area contributed by atoms with Crippen molar-refractivity contribution in [2.45, 2.75) is 12.5 Å². The Morgan fingerprint density at radius 1 is 1.45 bits per heavy atom. The molecule has 2 N–H and O–H groups in total. The van der Waals surface area contributed by atoms with Gasteiger partial charge in [-0.05, 0) is 12.0 Å². The molecule has 4 nitrogen and oxygen atoms in total. The molecule has 1 aromatic carbocycles. The summed E-state index contributed by atoms with van der Waals surface area (Å²) in [7, 11) is 1.54. The van der Waals surface area contributed by atoms with Crippen molar-refractivity contribution in [3.63, 3.8) is 0 Å². The summed E-state index contributed by atoms with van der Waals surface area (Å²) in [5.41, 5.74) is 6.98. The van der Waals surface area contributed by atoms with Crippen molar-refractivity contribution < 1.29 is 9.53 Å². The zero-order valence-corrected chi connectivity index (χ0v) is 12.6. The number of hydrogen-bond acceptors (Lipinski definition) is 3. The van der Waals surface area contributed by atoms with Gasteiger partial charge < -0.3 is 15.4 Å². The standard InChI is InChI=1S/C15H22N2O2.ClH/c1-3-10-17(15(18)14(16)12-19-2)11-9-13-7-5-4-6-8-13;/h3-8,14H,1,9-12,16H2,2H3;1H. The molecule has 0 aliphatic rings. The van der Waals surface area contributed by atoms with E-state index >= 15 is 0 Å². The summed E-state index contributed by atoms with van der Waals surface area (Å²) in [5.74, 6) is -0.0994. The fourth-order valence-electron chi connectivity index (χ4n) is 1.84. The summed E-state index contributed by atoms with van der Waals surface area (Å²) in [6.45, 7) is 5.05. The van der Waals surface area contributed by atoms with Gasteiger partial charge in [0.05, 0.1) is 6.61 Å². The topological polar surface area (TPSA) is 55.6 Å². The Bertz CT molecular complexity index is 398. The van der Waals surface area contributed by atoms with Gasteiger partial charge in [-0.1, -0.05) is 36.4 Å². The average molecular weight is 299 g/mol. The minimum Gasteiger partial charge on any atom is -0.383 e. The maximum atomic E-state index is 12.1. The van der Waals surface area contributed by atoms with Gasteiger partial charge in [0.2, 0.25) is 5.91 Å². The molecule has 1 amide bonds. The second-order valence-corrected chi connectivity index (χ2v) is 4.37. The van der Waals surface area contributed by atoms with Gasteiger partial charge in [0.1, 0.15) is 6.04 Å². The van der Waals surface area contributed by atoms with Gasteiger partial charge in [-0.25, -0.2) is 0 Å². The number of nitrogens with zero attached hydrogens (tertiary/aromatic N) is 1. The lowest BCUT2D eigenvalue weighted by Crippen LogP contribution is -2.46. The van der Waals surface area contributed by atoms with E-state index in [1.54, 1.807) is 11.0 Å². The van der Waals surface area contributed by atoms with Crippen molar-refractivity contribution in [3.05, 3.63) is 48.6 Å². The molecular weight excluding hydrogens is 276 g/mol. The minimum absolute atomic E-state index is 0. The van der Waals surface area contributed by atoms with Crippen LogP contribution in [0.4, 0.5) is 0 Å². The van der Waals surface area contributed by atoms with Crippen molar-refractivity contribution in [2.75, 3.05) is 26.8 Å². The molecule has 20 heavy (non-hydrogen) atoms. The molecule has 1 unspecified atom stereocenters. The van der Waals surface area contributed by atoms with Crippen LogP contribution in [0.25, 0.3) is 0 Å². The normalized spacial score (nSPS) is 11.3. The first-order chi connectivity index (χ1) is 9.19. The monoisotopic (exact) mass is 298 g/mol. The lowest BCUT2D eigenvalue weighted by Gasteiger charge is -2.24. The van der Waals surface area contributed by atoms with Crippen molar-refractivity contribution in [1.82, 2.24) is 4.90 Å². The lowest BCUT2D eigenvalue weighted by atomic mass is 10.1. The summed E-state index contributed by atoms with van der Waals surface area (Å²) in [5, 5.41) is 0. The Labute approximate surface area is 127 Å². The summed E-state index contributed by atoms with van der Waals surface area (Å²) in [4.78, 5) is 13.8. The highest BCUT2D eigenvalue weighted by Crippen LogP contribution is 2.03. The van der Waals surface area contributed by atoms with Gasteiger partial charge in [0, 0.05) is 20.2 Å². The van der Waals surface area contributed by atoms with Crippen molar-refractivity contribution in [1.29, 1.82) is 0 Å². The van der Waals surface area contributed by atoms with Crippen molar-refractivity contribution in [3.8, 4) is 0 Å². The van der Waals surface area contributed by atoms with Crippen LogP contribution in [-0.2, 0) is 16.0 Å². The van der Waals surface area contributed by atoms with Gasteiger partial charge in [0.15, 0.2) is 0 Å². The number of halogens is 1. The van der Waals surface area contributed by atoms with E-state index < -0.39 is 6.04 Å². The van der Waals surface area contributed by atoms with E-state index in [1.807, 2.05) is 30.3 Å². The minimum atomic E-state index is -0.610. The van der Waals surface area contributed by atoms with E-state index in [-0.39, 0.29) is 24.9 Å². The van der Waals surface area contributed by atoms with Gasteiger partial charge >= 0.3 is 0 Å². The number of carbonyl (C=O) groups excluding carboxylic acids is 1. The second-order valence-electron chi connectivity index (χ2n) is 4.37. The zero-order valence-electron chi connectivity index (χ0n) is 11.8. The number of nitrogens with two attached hydrogens (primary N) is 1. The fraction of sp³-hybridized carbons (Fsp3) is 0.400. The largest absolute Gasteiger partial charge is 0.383 e. The van der Waals surface area contributed by atoms with Gasteiger partial charge in [0.25, 0.3) is 0 Å². The predicted molar refractivity (Wildman–Crippen MR) is 84.0 cm³/mol. The quantitative estimate of drug-likeness (QED) is 0.742. The van der Waals surface area contributed by atoms with Crippen LogP contribution in [0, 0.1) is 0 Å². The first kappa shape index (κ1) is 18.6. The smallest absolute Gasteiger partial charge is 0.242 e. The highest BCUT2D eigenvalue weighted by atomic mass is 35.5. The van der Waals surface area contributed by atoms with Crippen LogP contribution in [0.3, 0.4) is 0 Å². The number of amides is 1. The van der Waals surface area contributed by atoms with Crippen LogP contribution in [0.5, 0.6) is 0 Å². The molecule has 0 fully saturated rings. The molecule has 112 valence electrons. The SMILES string of the molecule is C=CCN(CCc1ccccc1)C(=O)C(N)COC.Cl. The van der Waals surface area contributed by atoms with Crippen LogP contribution in [0.1, 0.15) is 5.56 Å². The molecular formula is C15H23ClN2O2. The molecule has 0 saturated heterocycles. The molecule has 5 heteroatoms. The number of rotatable bonds is 8. The predicted octanol–water partition coefficient (Wildman–Crippen LogP) is 1.64. The van der Waals surface area contributed by atoms with Gasteiger partial charge in [-0.3, -0.25) is 4.79 Å². The molecule has 0 bridgehead atoms. The number of carbonyl (C=O) groups is 1. The van der Waals surface area contributed by atoms with E-state index in [4.69, 9.17) is 10.5 Å². The Morgan fingerprint density at radius 2 is 2.10 bits per heavy atom. The van der Waals surface area contributed by atoms with E-state index in [9.17, 15) is 4.79 Å². The highest BCUT2D eigenvalue weighted by Gasteiger charge is 2.19. The zero-order chi connectivity index (χ0) is 14.1. The van der Waals surface area contributed by atoms with Crippen LogP contribution < -0.4 is 5.73 Å². The third-order valence-corrected chi connectivity index (χ3v) is 2.84. The van der Waals surface area contributed by atoms with E-state index in [0.717, 1.165) is 6.42 Å². The molecule has 0 heterocycles. The van der Waals surface area contributed by atoms with E-state index in [1.165, 1.54) is 12.7 Å². The van der Waals surface area contributed by atoms with Gasteiger partial charge in [-0.15, -0.1) is 19.0 Å². The molecule has 1 aromatic rings. The van der Waals surface area contributed by atoms with Crippen LogP contribution in [-0.4, -0.2) is 43.7 Å². The molecule has 1 atom stereocenters. The van der Waals surface area contributed by atoms with Crippen molar-refractivity contribution >= 4 is 18.3 Å². The Morgan fingerprint density at radius 3 is 2.65 bits per heavy atom. The number of ether oxygens (including phenoxy) is 1. The molecule has 0 radical (unpaired) electrons. The average Bonchev–Trinajstić information content (AvgIpc) is 2.44. The molecule has 0 spiro atoms. The summed E-state index contributed by atoms with van der Waals surface area (Å²) in [6, 6.07) is 9.44. The molecule has 0 aliphatic heterocycles. The third kappa shape index (κ3) is 6.19. The summed E-state index contributed by atoms with van der Waals surface area (Å²) >= 11 is 0. The highest BCUT2D eigenvalue weighted by molar-refractivity contribution is 5.85. The number of benzene rings is 1. The van der Waals surface area contributed by atoms with Crippen LogP contribution in [0.15, 0.2) is 43.0 Å². The molecule has 0 aliphatic carbocycles. The van der Waals surface area contributed by atoms with Crippen molar-refractivity contribution in [2.24, 2.45) is 5.73 Å². The van der Waals surface area contributed by atoms with Crippen LogP contribution >= 0.6 is 12.4 Å². The third-order valence-electron chi connectivity index (χ3n) is 2.84. The Hall–Kier alpha value is -1.36. The summed E-state index contributed by atoms with van der Waals surface area (Å²) < 4.78 is 4.92. The number of hydrogen-bond donors (Lipinski definition) is 1. The molecule has 0 saturated carbocycles. The molecule has 1 rings (SSSR count). The Balaban J connectivity index is 0.00000361. The second kappa shape index (κ2) is 10.4. The lowest BCUT2D eigenvalue weighted by molar-refractivity contribution is -0.133. The first-order valence-corrected chi connectivity index (χ1v) is 6.37. The van der Waals surface area contributed by atoms with E-state index in [0.29, 0.717) is 13.1 Å². The van der Waals surface area contributed by atoms with Gasteiger partial charge in [-0.2, -0.15) is 0 Å². The maximum absolute atomic E-state index is 12.1. The fourth-order valence-corrected chi connectivity index (χ4v) is 1.84. The van der Waals surface area contributed by atoms with E-state index in [2.05, 4.69) is 6.58 Å². The Kier molecular flexibility index (Phi) is 9.72. The van der Waals surface area contributed by atoms with Crippen LogP contribution in [0.2, 0.25) is 0 Å².